The SMILES string of the molecule is N#Cc1cc2c(cc1C1=NC=CCC3=C1C=CCC3)-c1cc(C3=C4C=CC=CC4CC=N3)c(C#N)cc1C2=N. The number of fused-ring (bicyclic) bond motifs is 4. The van der Waals surface area contributed by atoms with Crippen LogP contribution < -0.4 is 0 Å². The molecule has 1 atom stereocenters. The number of rotatable bonds is 2. The molecule has 3 aliphatic carbocycles. The van der Waals surface area contributed by atoms with Gasteiger partial charge in [-0.3, -0.25) is 15.4 Å². The highest BCUT2D eigenvalue weighted by atomic mass is 14.8. The molecule has 0 fully saturated rings. The van der Waals surface area contributed by atoms with Gasteiger partial charge in [0.05, 0.1) is 40.4 Å². The summed E-state index contributed by atoms with van der Waals surface area (Å²) in [5.74, 6) is 0.241. The summed E-state index contributed by atoms with van der Waals surface area (Å²) in [6.45, 7) is 0. The maximum Gasteiger partial charge on any atom is 0.0999 e. The molecule has 184 valence electrons. The van der Waals surface area contributed by atoms with Crippen molar-refractivity contribution in [3.63, 3.8) is 0 Å². The van der Waals surface area contributed by atoms with Gasteiger partial charge in [0.25, 0.3) is 0 Å². The summed E-state index contributed by atoms with van der Waals surface area (Å²) in [4.78, 5) is 9.54. The Morgan fingerprint density at radius 1 is 0.846 bits per heavy atom. The molecule has 39 heavy (non-hydrogen) atoms. The zero-order valence-corrected chi connectivity index (χ0v) is 21.2. The molecule has 2 aliphatic heterocycles. The maximum atomic E-state index is 10.2. The van der Waals surface area contributed by atoms with Gasteiger partial charge in [-0.1, -0.05) is 48.1 Å². The summed E-state index contributed by atoms with van der Waals surface area (Å²) >= 11 is 0. The van der Waals surface area contributed by atoms with E-state index in [4.69, 9.17) is 15.4 Å². The molecule has 0 saturated heterocycles. The maximum absolute atomic E-state index is 10.2. The zero-order chi connectivity index (χ0) is 26.5. The van der Waals surface area contributed by atoms with E-state index in [1.54, 1.807) is 0 Å². The molecular formula is C34H23N5. The highest BCUT2D eigenvalue weighted by molar-refractivity contribution is 6.25. The highest BCUT2D eigenvalue weighted by Crippen LogP contribution is 2.43. The van der Waals surface area contributed by atoms with Gasteiger partial charge in [0.1, 0.15) is 0 Å². The largest absolute Gasteiger partial charge is 0.300 e. The predicted octanol–water partition coefficient (Wildman–Crippen LogP) is 7.11. The number of nitrogens with zero attached hydrogens (tertiary/aromatic N) is 4. The van der Waals surface area contributed by atoms with Crippen LogP contribution in [0.2, 0.25) is 0 Å². The minimum Gasteiger partial charge on any atom is -0.300 e. The number of nitriles is 2. The van der Waals surface area contributed by atoms with E-state index in [9.17, 15) is 10.5 Å². The molecule has 5 heteroatoms. The fraction of sp³-hybridized carbons (Fsp3) is 0.147. The average Bonchev–Trinajstić information content (AvgIpc) is 3.11. The number of nitrogens with one attached hydrogen (secondary N) is 1. The molecule has 0 spiro atoms. The number of aliphatic imine (C=N–C) groups is 2. The second-order valence-corrected chi connectivity index (χ2v) is 10.2. The first-order chi connectivity index (χ1) is 19.2. The summed E-state index contributed by atoms with van der Waals surface area (Å²) in [5.41, 5.74) is 11.2. The van der Waals surface area contributed by atoms with Crippen LogP contribution in [0.1, 0.15) is 59.1 Å². The quantitative estimate of drug-likeness (QED) is 0.405. The van der Waals surface area contributed by atoms with Crippen LogP contribution in [0.15, 0.2) is 99.7 Å². The minimum atomic E-state index is 0.241. The Morgan fingerprint density at radius 2 is 1.62 bits per heavy atom. The molecule has 2 aromatic rings. The predicted molar refractivity (Wildman–Crippen MR) is 155 cm³/mol. The molecule has 1 unspecified atom stereocenters. The second kappa shape index (κ2) is 9.01. The molecule has 1 N–H and O–H groups in total. The molecule has 5 aliphatic rings. The minimum absolute atomic E-state index is 0.241. The van der Waals surface area contributed by atoms with Crippen molar-refractivity contribution in [1.82, 2.24) is 0 Å². The lowest BCUT2D eigenvalue weighted by Crippen LogP contribution is -2.11. The van der Waals surface area contributed by atoms with Crippen molar-refractivity contribution in [3.8, 4) is 23.3 Å². The van der Waals surface area contributed by atoms with Gasteiger partial charge in [-0.05, 0) is 72.2 Å². The van der Waals surface area contributed by atoms with Gasteiger partial charge >= 0.3 is 0 Å². The van der Waals surface area contributed by atoms with Gasteiger partial charge in [0.15, 0.2) is 0 Å². The van der Waals surface area contributed by atoms with Gasteiger partial charge in [0, 0.05) is 40.6 Å². The number of allylic oxidation sites excluding steroid dienone is 10. The van der Waals surface area contributed by atoms with Crippen LogP contribution in [0.4, 0.5) is 0 Å². The van der Waals surface area contributed by atoms with E-state index in [0.717, 1.165) is 70.5 Å². The van der Waals surface area contributed by atoms with Crippen LogP contribution >= 0.6 is 0 Å². The summed E-state index contributed by atoms with van der Waals surface area (Å²) in [7, 11) is 0. The van der Waals surface area contributed by atoms with Gasteiger partial charge in [-0.2, -0.15) is 10.5 Å². The molecule has 0 aromatic heterocycles. The fourth-order valence-corrected chi connectivity index (χ4v) is 6.16. The summed E-state index contributed by atoms with van der Waals surface area (Å²) < 4.78 is 0. The number of benzene rings is 2. The monoisotopic (exact) mass is 501 g/mol. The molecule has 5 nitrogen and oxygen atoms in total. The van der Waals surface area contributed by atoms with Crippen LogP contribution in [0.3, 0.4) is 0 Å². The Hall–Kier alpha value is -5.13. The second-order valence-electron chi connectivity index (χ2n) is 10.2. The molecule has 2 heterocycles. The molecule has 0 saturated carbocycles. The average molecular weight is 502 g/mol. The third-order valence-corrected chi connectivity index (χ3v) is 8.08. The van der Waals surface area contributed by atoms with Crippen LogP contribution in [-0.4, -0.2) is 17.6 Å². The smallest absolute Gasteiger partial charge is 0.0999 e. The fourth-order valence-electron chi connectivity index (χ4n) is 6.16. The molecule has 2 aromatic carbocycles. The van der Waals surface area contributed by atoms with Crippen molar-refractivity contribution >= 4 is 23.3 Å². The highest BCUT2D eigenvalue weighted by Gasteiger charge is 2.31. The Bertz CT molecular complexity index is 1840. The summed E-state index contributed by atoms with van der Waals surface area (Å²) in [6.07, 6.45) is 22.1. The third kappa shape index (κ3) is 3.55. The Labute approximate surface area is 227 Å². The Balaban J connectivity index is 1.45. The Morgan fingerprint density at radius 3 is 2.41 bits per heavy atom. The zero-order valence-electron chi connectivity index (χ0n) is 21.2. The molecule has 7 rings (SSSR count). The van der Waals surface area contributed by atoms with Gasteiger partial charge in [-0.15, -0.1) is 0 Å². The van der Waals surface area contributed by atoms with E-state index in [1.807, 2.05) is 42.8 Å². The van der Waals surface area contributed by atoms with Crippen LogP contribution in [0.5, 0.6) is 0 Å². The molecular weight excluding hydrogens is 478 g/mol. The van der Waals surface area contributed by atoms with Gasteiger partial charge in [-0.25, -0.2) is 0 Å². The summed E-state index contributed by atoms with van der Waals surface area (Å²) in [6, 6.07) is 12.4. The van der Waals surface area contributed by atoms with E-state index in [2.05, 4.69) is 48.6 Å². The third-order valence-electron chi connectivity index (χ3n) is 8.08. The van der Waals surface area contributed by atoms with Gasteiger partial charge in [0.2, 0.25) is 0 Å². The first-order valence-electron chi connectivity index (χ1n) is 13.2. The van der Waals surface area contributed by atoms with E-state index >= 15 is 0 Å². The summed E-state index contributed by atoms with van der Waals surface area (Å²) in [5, 5.41) is 29.2. The number of hydrogen-bond acceptors (Lipinski definition) is 5. The van der Waals surface area contributed by atoms with E-state index < -0.39 is 0 Å². The standard InChI is InChI=1S/C34H23N5/c35-18-22-14-30-28(16-26(22)33-24-9-3-1-6-20(24)8-5-12-38-33)29-17-27(23(19-36)15-31(29)32(30)37)34-25-10-4-2-7-21(25)11-13-39-34/h2-5,7,9-10,12-17,21,37H,1,6,8,11H2. The van der Waals surface area contributed by atoms with Crippen molar-refractivity contribution in [1.29, 1.82) is 15.9 Å². The van der Waals surface area contributed by atoms with Crippen molar-refractivity contribution in [2.75, 3.05) is 0 Å². The van der Waals surface area contributed by atoms with Crippen LogP contribution in [0.25, 0.3) is 16.8 Å². The normalized spacial score (nSPS) is 20.1. The van der Waals surface area contributed by atoms with Crippen LogP contribution in [0, 0.1) is 34.0 Å². The number of hydrogen-bond donors (Lipinski definition) is 1. The first kappa shape index (κ1) is 23.0. The van der Waals surface area contributed by atoms with Crippen LogP contribution in [-0.2, 0) is 0 Å². The molecule has 0 bridgehead atoms. The lowest BCUT2D eigenvalue weighted by molar-refractivity contribution is 0.814. The molecule has 0 amide bonds. The van der Waals surface area contributed by atoms with Gasteiger partial charge < -0.3 is 0 Å². The lowest BCUT2D eigenvalue weighted by Gasteiger charge is -2.23. The van der Waals surface area contributed by atoms with E-state index in [-0.39, 0.29) is 5.92 Å². The van der Waals surface area contributed by atoms with Crippen molar-refractivity contribution in [2.24, 2.45) is 15.9 Å². The topological polar surface area (TPSA) is 96.2 Å². The van der Waals surface area contributed by atoms with E-state index in [0.29, 0.717) is 28.0 Å². The van der Waals surface area contributed by atoms with Crippen molar-refractivity contribution < 1.29 is 0 Å². The Kier molecular flexibility index (Phi) is 5.32. The van der Waals surface area contributed by atoms with Crippen molar-refractivity contribution in [3.05, 3.63) is 123 Å². The van der Waals surface area contributed by atoms with Crippen molar-refractivity contribution in [2.45, 2.75) is 25.7 Å². The first-order valence-corrected chi connectivity index (χ1v) is 13.2. The lowest BCUT2D eigenvalue weighted by atomic mass is 9.85. The molecule has 0 radical (unpaired) electrons. The van der Waals surface area contributed by atoms with E-state index in [1.165, 1.54) is 5.57 Å².